The van der Waals surface area contributed by atoms with Gasteiger partial charge in [0.15, 0.2) is 0 Å². The van der Waals surface area contributed by atoms with Crippen LogP contribution in [-0.2, 0) is 11.3 Å². The molecule has 108 valence electrons. The van der Waals surface area contributed by atoms with Gasteiger partial charge in [-0.25, -0.2) is 0 Å². The molecule has 0 bridgehead atoms. The Kier molecular flexibility index (Phi) is 5.15. The summed E-state index contributed by atoms with van der Waals surface area (Å²) < 4.78 is 0. The van der Waals surface area contributed by atoms with Gasteiger partial charge in [-0.05, 0) is 13.1 Å². The molecule has 0 unspecified atom stereocenters. The van der Waals surface area contributed by atoms with Crippen molar-refractivity contribution in [2.45, 2.75) is 13.0 Å². The van der Waals surface area contributed by atoms with Crippen molar-refractivity contribution in [3.63, 3.8) is 0 Å². The Morgan fingerprint density at radius 3 is 2.60 bits per heavy atom. The molecular formula is C12H15N3O5. The van der Waals surface area contributed by atoms with E-state index in [0.29, 0.717) is 5.56 Å². The number of hydrogen-bond donors (Lipinski definition) is 2. The zero-order valence-electron chi connectivity index (χ0n) is 10.9. The number of nitrogens with two attached hydrogens (primary N) is 1. The van der Waals surface area contributed by atoms with Crippen LogP contribution in [0.15, 0.2) is 18.2 Å². The van der Waals surface area contributed by atoms with Gasteiger partial charge in [0.05, 0.1) is 11.3 Å². The molecule has 8 nitrogen and oxygen atoms in total. The first-order valence-electron chi connectivity index (χ1n) is 5.78. The third kappa shape index (κ3) is 4.32. The molecule has 1 rings (SSSR count). The Labute approximate surface area is 114 Å². The standard InChI is InChI=1S/C12H15N3O5/c1-14(5-4-11(16)17)7-9-3-2-8(12(13)18)6-10(9)15(19)20/h2-3,6H,4-5,7H2,1H3,(H2,13,18)(H,16,17). The number of amides is 1. The summed E-state index contributed by atoms with van der Waals surface area (Å²) in [5, 5.41) is 19.6. The van der Waals surface area contributed by atoms with E-state index in [2.05, 4.69) is 0 Å². The van der Waals surface area contributed by atoms with Gasteiger partial charge in [0.2, 0.25) is 5.91 Å². The highest BCUT2D eigenvalue weighted by Gasteiger charge is 2.17. The third-order valence-electron chi connectivity index (χ3n) is 2.71. The summed E-state index contributed by atoms with van der Waals surface area (Å²) in [6, 6.07) is 3.99. The maximum atomic E-state index is 11.0. The summed E-state index contributed by atoms with van der Waals surface area (Å²) in [5.74, 6) is -1.67. The zero-order chi connectivity index (χ0) is 15.3. The lowest BCUT2D eigenvalue weighted by Crippen LogP contribution is -2.22. The Bertz CT molecular complexity index is 544. The first-order valence-corrected chi connectivity index (χ1v) is 5.78. The van der Waals surface area contributed by atoms with Crippen molar-refractivity contribution >= 4 is 17.6 Å². The summed E-state index contributed by atoms with van der Waals surface area (Å²) in [4.78, 5) is 33.5. The quantitative estimate of drug-likeness (QED) is 0.556. The van der Waals surface area contributed by atoms with E-state index in [1.807, 2.05) is 0 Å². The second-order valence-corrected chi connectivity index (χ2v) is 4.35. The van der Waals surface area contributed by atoms with Gasteiger partial charge >= 0.3 is 5.97 Å². The van der Waals surface area contributed by atoms with Gasteiger partial charge in [0.1, 0.15) is 0 Å². The van der Waals surface area contributed by atoms with E-state index >= 15 is 0 Å². The zero-order valence-corrected chi connectivity index (χ0v) is 10.9. The van der Waals surface area contributed by atoms with Crippen molar-refractivity contribution < 1.29 is 19.6 Å². The number of carboxylic acid groups (broad SMARTS) is 1. The number of benzene rings is 1. The van der Waals surface area contributed by atoms with E-state index in [4.69, 9.17) is 10.8 Å². The number of carboxylic acids is 1. The highest BCUT2D eigenvalue weighted by atomic mass is 16.6. The highest BCUT2D eigenvalue weighted by Crippen LogP contribution is 2.21. The third-order valence-corrected chi connectivity index (χ3v) is 2.71. The number of nitro groups is 1. The minimum Gasteiger partial charge on any atom is -0.481 e. The van der Waals surface area contributed by atoms with Crippen LogP contribution in [0.3, 0.4) is 0 Å². The molecule has 1 amide bonds. The highest BCUT2D eigenvalue weighted by molar-refractivity contribution is 5.93. The second-order valence-electron chi connectivity index (χ2n) is 4.35. The maximum Gasteiger partial charge on any atom is 0.304 e. The molecule has 8 heteroatoms. The van der Waals surface area contributed by atoms with E-state index < -0.39 is 16.8 Å². The van der Waals surface area contributed by atoms with Crippen LogP contribution in [0.25, 0.3) is 0 Å². The first-order chi connectivity index (χ1) is 9.31. The van der Waals surface area contributed by atoms with Crippen LogP contribution in [0.2, 0.25) is 0 Å². The molecule has 20 heavy (non-hydrogen) atoms. The van der Waals surface area contributed by atoms with Crippen LogP contribution in [-0.4, -0.2) is 40.4 Å². The van der Waals surface area contributed by atoms with Crippen LogP contribution in [0.5, 0.6) is 0 Å². The molecule has 0 heterocycles. The molecule has 1 aromatic carbocycles. The lowest BCUT2D eigenvalue weighted by atomic mass is 10.1. The Hall–Kier alpha value is -2.48. The number of hydrogen-bond acceptors (Lipinski definition) is 5. The molecule has 0 spiro atoms. The van der Waals surface area contributed by atoms with E-state index in [1.165, 1.54) is 12.1 Å². The predicted octanol–water partition coefficient (Wildman–Crippen LogP) is 0.600. The van der Waals surface area contributed by atoms with Crippen molar-refractivity contribution in [3.8, 4) is 0 Å². The average Bonchev–Trinajstić information content (AvgIpc) is 2.36. The maximum absolute atomic E-state index is 11.0. The van der Waals surface area contributed by atoms with Crippen LogP contribution in [0.4, 0.5) is 5.69 Å². The van der Waals surface area contributed by atoms with Crippen LogP contribution in [0.1, 0.15) is 22.3 Å². The topological polar surface area (TPSA) is 127 Å². The fourth-order valence-electron chi connectivity index (χ4n) is 1.68. The minimum atomic E-state index is -0.935. The smallest absolute Gasteiger partial charge is 0.304 e. The molecule has 0 radical (unpaired) electrons. The molecule has 0 aliphatic rings. The number of aliphatic carboxylic acids is 1. The molecule has 0 fully saturated rings. The number of nitrogens with zero attached hydrogens (tertiary/aromatic N) is 2. The monoisotopic (exact) mass is 281 g/mol. The van der Waals surface area contributed by atoms with E-state index in [1.54, 1.807) is 11.9 Å². The summed E-state index contributed by atoms with van der Waals surface area (Å²) in [6.45, 7) is 0.479. The van der Waals surface area contributed by atoms with Crippen molar-refractivity contribution in [1.82, 2.24) is 4.90 Å². The van der Waals surface area contributed by atoms with Crippen LogP contribution in [0, 0.1) is 10.1 Å². The van der Waals surface area contributed by atoms with Crippen molar-refractivity contribution in [2.24, 2.45) is 5.73 Å². The Balaban J connectivity index is 2.91. The van der Waals surface area contributed by atoms with Crippen LogP contribution < -0.4 is 5.73 Å². The predicted molar refractivity (Wildman–Crippen MR) is 70.2 cm³/mol. The van der Waals surface area contributed by atoms with Gasteiger partial charge in [0, 0.05) is 30.3 Å². The van der Waals surface area contributed by atoms with Gasteiger partial charge in [0.25, 0.3) is 5.69 Å². The molecule has 0 aliphatic carbocycles. The van der Waals surface area contributed by atoms with Crippen molar-refractivity contribution in [1.29, 1.82) is 0 Å². The minimum absolute atomic E-state index is 0.0519. The van der Waals surface area contributed by atoms with Crippen LogP contribution >= 0.6 is 0 Å². The molecule has 0 aromatic heterocycles. The summed E-state index contributed by atoms with van der Waals surface area (Å²) in [7, 11) is 1.66. The van der Waals surface area contributed by atoms with Gasteiger partial charge in [-0.3, -0.25) is 19.7 Å². The number of nitro benzene ring substituents is 1. The van der Waals surface area contributed by atoms with Gasteiger partial charge < -0.3 is 15.7 Å². The summed E-state index contributed by atoms with van der Waals surface area (Å²) in [5.41, 5.74) is 5.33. The molecule has 3 N–H and O–H groups in total. The summed E-state index contributed by atoms with van der Waals surface area (Å²) >= 11 is 0. The first kappa shape index (κ1) is 15.6. The Morgan fingerprint density at radius 2 is 2.10 bits per heavy atom. The fraction of sp³-hybridized carbons (Fsp3) is 0.333. The summed E-state index contributed by atoms with van der Waals surface area (Å²) in [6.07, 6.45) is -0.0519. The largest absolute Gasteiger partial charge is 0.481 e. The Morgan fingerprint density at radius 1 is 1.45 bits per heavy atom. The van der Waals surface area contributed by atoms with Gasteiger partial charge in [-0.1, -0.05) is 6.07 Å². The number of rotatable bonds is 7. The number of carbonyl (C=O) groups excluding carboxylic acids is 1. The van der Waals surface area contributed by atoms with Crippen molar-refractivity contribution in [3.05, 3.63) is 39.4 Å². The molecule has 0 saturated heterocycles. The van der Waals surface area contributed by atoms with E-state index in [9.17, 15) is 19.7 Å². The van der Waals surface area contributed by atoms with E-state index in [-0.39, 0.29) is 30.8 Å². The molecular weight excluding hydrogens is 266 g/mol. The molecule has 0 aliphatic heterocycles. The lowest BCUT2D eigenvalue weighted by molar-refractivity contribution is -0.385. The van der Waals surface area contributed by atoms with Gasteiger partial charge in [-0.15, -0.1) is 0 Å². The number of primary amides is 1. The molecule has 0 atom stereocenters. The average molecular weight is 281 g/mol. The lowest BCUT2D eigenvalue weighted by Gasteiger charge is -2.15. The molecule has 1 aromatic rings. The normalized spacial score (nSPS) is 10.5. The fourth-order valence-corrected chi connectivity index (χ4v) is 1.68. The second kappa shape index (κ2) is 6.62. The van der Waals surface area contributed by atoms with Crippen molar-refractivity contribution in [2.75, 3.05) is 13.6 Å². The molecule has 0 saturated carbocycles. The number of carbonyl (C=O) groups is 2. The van der Waals surface area contributed by atoms with Gasteiger partial charge in [-0.2, -0.15) is 0 Å². The van der Waals surface area contributed by atoms with E-state index in [0.717, 1.165) is 6.07 Å². The SMILES string of the molecule is CN(CCC(=O)O)Cc1ccc(C(N)=O)cc1[N+](=O)[O-].